The van der Waals surface area contributed by atoms with Crippen LogP contribution in [0.3, 0.4) is 0 Å². The molecular formula is C12H13BrN4O2S. The first-order chi connectivity index (χ1) is 9.44. The van der Waals surface area contributed by atoms with E-state index in [1.807, 2.05) is 0 Å². The van der Waals surface area contributed by atoms with E-state index in [9.17, 15) is 8.42 Å². The summed E-state index contributed by atoms with van der Waals surface area (Å²) >= 11 is 3.22. The highest BCUT2D eigenvalue weighted by Gasteiger charge is 2.20. The van der Waals surface area contributed by atoms with Gasteiger partial charge in [0.15, 0.2) is 0 Å². The molecule has 0 aliphatic rings. The molecule has 0 spiro atoms. The van der Waals surface area contributed by atoms with E-state index in [0.717, 1.165) is 5.56 Å². The summed E-state index contributed by atoms with van der Waals surface area (Å²) in [7, 11) is -2.13. The molecule has 0 unspecified atom stereocenters. The van der Waals surface area contributed by atoms with Gasteiger partial charge in [-0.1, -0.05) is 0 Å². The van der Waals surface area contributed by atoms with E-state index in [2.05, 4.69) is 35.9 Å². The van der Waals surface area contributed by atoms with Crippen molar-refractivity contribution >= 4 is 37.5 Å². The standard InChI is InChI=1S/C12H13BrN4O2S/c1-8-3-4-15-7-10(8)17-20(18,19)11-5-9(13)6-16-12(11)14-2/h3-7,17H,1-2H3,(H,14,16). The van der Waals surface area contributed by atoms with E-state index < -0.39 is 10.0 Å². The zero-order valence-corrected chi connectivity index (χ0v) is 13.3. The summed E-state index contributed by atoms with van der Waals surface area (Å²) in [5, 5.41) is 2.76. The molecular weight excluding hydrogens is 344 g/mol. The molecule has 2 N–H and O–H groups in total. The Bertz CT molecular complexity index is 734. The maximum Gasteiger partial charge on any atom is 0.265 e. The van der Waals surface area contributed by atoms with Crippen LogP contribution in [0.2, 0.25) is 0 Å². The summed E-state index contributed by atoms with van der Waals surface area (Å²) in [4.78, 5) is 8.02. The minimum Gasteiger partial charge on any atom is -0.372 e. The van der Waals surface area contributed by atoms with Crippen LogP contribution in [0.5, 0.6) is 0 Å². The van der Waals surface area contributed by atoms with Gasteiger partial charge in [-0.3, -0.25) is 9.71 Å². The number of anilines is 2. The lowest BCUT2D eigenvalue weighted by Gasteiger charge is -2.12. The van der Waals surface area contributed by atoms with Crippen molar-refractivity contribution in [2.75, 3.05) is 17.1 Å². The first-order valence-electron chi connectivity index (χ1n) is 5.71. The zero-order chi connectivity index (χ0) is 14.8. The fourth-order valence-electron chi connectivity index (χ4n) is 1.58. The van der Waals surface area contributed by atoms with E-state index in [0.29, 0.717) is 10.2 Å². The smallest absolute Gasteiger partial charge is 0.265 e. The molecule has 106 valence electrons. The Balaban J connectivity index is 2.46. The van der Waals surface area contributed by atoms with Gasteiger partial charge < -0.3 is 5.32 Å². The lowest BCUT2D eigenvalue weighted by Crippen LogP contribution is -2.16. The minimum atomic E-state index is -3.75. The molecule has 20 heavy (non-hydrogen) atoms. The van der Waals surface area contributed by atoms with Crippen LogP contribution in [-0.4, -0.2) is 25.4 Å². The number of hydrogen-bond donors (Lipinski definition) is 2. The third kappa shape index (κ3) is 3.07. The van der Waals surface area contributed by atoms with Gasteiger partial charge in [0.25, 0.3) is 10.0 Å². The van der Waals surface area contributed by atoms with Crippen molar-refractivity contribution in [2.24, 2.45) is 0 Å². The third-order valence-electron chi connectivity index (χ3n) is 2.63. The summed E-state index contributed by atoms with van der Waals surface area (Å²) in [5.41, 5.74) is 1.23. The number of nitrogens with zero attached hydrogens (tertiary/aromatic N) is 2. The van der Waals surface area contributed by atoms with Gasteiger partial charge in [0.05, 0.1) is 11.9 Å². The van der Waals surface area contributed by atoms with Crippen LogP contribution in [0, 0.1) is 6.92 Å². The van der Waals surface area contributed by atoms with Gasteiger partial charge >= 0.3 is 0 Å². The summed E-state index contributed by atoms with van der Waals surface area (Å²) in [6, 6.07) is 3.23. The second-order valence-electron chi connectivity index (χ2n) is 4.05. The molecule has 0 fully saturated rings. The molecule has 0 bridgehead atoms. The van der Waals surface area contributed by atoms with Crippen molar-refractivity contribution in [2.45, 2.75) is 11.8 Å². The molecule has 2 rings (SSSR count). The Morgan fingerprint density at radius 3 is 2.70 bits per heavy atom. The fraction of sp³-hybridized carbons (Fsp3) is 0.167. The maximum absolute atomic E-state index is 12.4. The molecule has 8 heteroatoms. The molecule has 0 radical (unpaired) electrons. The largest absolute Gasteiger partial charge is 0.372 e. The number of halogens is 1. The van der Waals surface area contributed by atoms with E-state index in [4.69, 9.17) is 0 Å². The molecule has 2 heterocycles. The van der Waals surface area contributed by atoms with Crippen molar-refractivity contribution in [1.82, 2.24) is 9.97 Å². The summed E-state index contributed by atoms with van der Waals surface area (Å²) in [6.45, 7) is 1.80. The molecule has 0 aliphatic carbocycles. The fourth-order valence-corrected chi connectivity index (χ4v) is 3.37. The predicted octanol–water partition coefficient (Wildman–Crippen LogP) is 2.39. The first kappa shape index (κ1) is 14.7. The van der Waals surface area contributed by atoms with Gasteiger partial charge in [0, 0.05) is 23.9 Å². The molecule has 0 aromatic carbocycles. The molecule has 2 aromatic rings. The number of hydrogen-bond acceptors (Lipinski definition) is 5. The zero-order valence-electron chi connectivity index (χ0n) is 10.9. The predicted molar refractivity (Wildman–Crippen MR) is 81.3 cm³/mol. The van der Waals surface area contributed by atoms with Gasteiger partial charge in [-0.15, -0.1) is 0 Å². The number of aromatic nitrogens is 2. The van der Waals surface area contributed by atoms with Crippen LogP contribution in [-0.2, 0) is 10.0 Å². The van der Waals surface area contributed by atoms with Crippen LogP contribution >= 0.6 is 15.9 Å². The molecule has 0 aliphatic heterocycles. The number of rotatable bonds is 4. The first-order valence-corrected chi connectivity index (χ1v) is 7.98. The number of pyridine rings is 2. The van der Waals surface area contributed by atoms with Crippen LogP contribution in [0.1, 0.15) is 5.56 Å². The van der Waals surface area contributed by atoms with Crippen LogP contribution < -0.4 is 10.0 Å². The lowest BCUT2D eigenvalue weighted by molar-refractivity contribution is 0.601. The van der Waals surface area contributed by atoms with Crippen molar-refractivity contribution in [1.29, 1.82) is 0 Å². The highest BCUT2D eigenvalue weighted by Crippen LogP contribution is 2.25. The Morgan fingerprint density at radius 2 is 2.05 bits per heavy atom. The normalized spacial score (nSPS) is 11.2. The van der Waals surface area contributed by atoms with E-state index >= 15 is 0 Å². The highest BCUT2D eigenvalue weighted by atomic mass is 79.9. The van der Waals surface area contributed by atoms with Crippen LogP contribution in [0.25, 0.3) is 0 Å². The Labute approximate surface area is 125 Å². The van der Waals surface area contributed by atoms with Gasteiger partial charge in [-0.25, -0.2) is 13.4 Å². The van der Waals surface area contributed by atoms with Crippen LogP contribution in [0.15, 0.2) is 40.1 Å². The number of sulfonamides is 1. The molecule has 0 saturated carbocycles. The van der Waals surface area contributed by atoms with Crippen molar-refractivity contribution < 1.29 is 8.42 Å². The second kappa shape index (κ2) is 5.76. The Kier molecular flexibility index (Phi) is 4.24. The van der Waals surface area contributed by atoms with Gasteiger partial charge in [0.2, 0.25) is 0 Å². The second-order valence-corrected chi connectivity index (χ2v) is 6.61. The third-order valence-corrected chi connectivity index (χ3v) is 4.44. The molecule has 0 atom stereocenters. The van der Waals surface area contributed by atoms with Crippen molar-refractivity contribution in [3.05, 3.63) is 40.8 Å². The quantitative estimate of drug-likeness (QED) is 0.878. The molecule has 0 amide bonds. The lowest BCUT2D eigenvalue weighted by atomic mass is 10.3. The monoisotopic (exact) mass is 356 g/mol. The average molecular weight is 357 g/mol. The summed E-state index contributed by atoms with van der Waals surface area (Å²) < 4.78 is 28.0. The number of aryl methyl sites for hydroxylation is 1. The van der Waals surface area contributed by atoms with Gasteiger partial charge in [0.1, 0.15) is 10.7 Å². The average Bonchev–Trinajstić information content (AvgIpc) is 2.41. The van der Waals surface area contributed by atoms with Gasteiger partial charge in [-0.2, -0.15) is 0 Å². The van der Waals surface area contributed by atoms with Crippen molar-refractivity contribution in [3.63, 3.8) is 0 Å². The SMILES string of the molecule is CNc1ncc(Br)cc1S(=O)(=O)Nc1cnccc1C. The topological polar surface area (TPSA) is 84.0 Å². The molecule has 2 aromatic heterocycles. The van der Waals surface area contributed by atoms with Gasteiger partial charge in [-0.05, 0) is 40.5 Å². The minimum absolute atomic E-state index is 0.0672. The molecule has 6 nitrogen and oxygen atoms in total. The van der Waals surface area contributed by atoms with Crippen molar-refractivity contribution in [3.8, 4) is 0 Å². The molecule has 0 saturated heterocycles. The van der Waals surface area contributed by atoms with Crippen LogP contribution in [0.4, 0.5) is 11.5 Å². The maximum atomic E-state index is 12.4. The highest BCUT2D eigenvalue weighted by molar-refractivity contribution is 9.10. The summed E-state index contributed by atoms with van der Waals surface area (Å²) in [5.74, 6) is 0.280. The van der Waals surface area contributed by atoms with E-state index in [-0.39, 0.29) is 10.7 Å². The number of nitrogens with one attached hydrogen (secondary N) is 2. The summed E-state index contributed by atoms with van der Waals surface area (Å²) in [6.07, 6.45) is 4.60. The van der Waals surface area contributed by atoms with E-state index in [1.165, 1.54) is 18.5 Å². The van der Waals surface area contributed by atoms with E-state index in [1.54, 1.807) is 26.2 Å². The Hall–Kier alpha value is -1.67. The Morgan fingerprint density at radius 1 is 1.30 bits per heavy atom.